The Hall–Kier alpha value is -2.68. The summed E-state index contributed by atoms with van der Waals surface area (Å²) >= 11 is 1.08. The average Bonchev–Trinajstić information content (AvgIpc) is 2.95. The largest absolute Gasteiger partial charge is 0.494 e. The van der Waals surface area contributed by atoms with Gasteiger partial charge in [-0.2, -0.15) is 4.33 Å². The van der Waals surface area contributed by atoms with Crippen LogP contribution in [0.15, 0.2) is 47.5 Å². The fraction of sp³-hybridized carbons (Fsp3) is 0.167. The van der Waals surface area contributed by atoms with Gasteiger partial charge in [0.25, 0.3) is 0 Å². The normalized spacial score (nSPS) is 10.9. The van der Waals surface area contributed by atoms with Gasteiger partial charge in [-0.3, -0.25) is 0 Å². The van der Waals surface area contributed by atoms with Gasteiger partial charge in [-0.25, -0.2) is 9.68 Å². The Morgan fingerprint density at radius 2 is 1.85 bits per heavy atom. The number of methoxy groups -OCH3 is 1. The molecular formula is C18H17NO6S. The van der Waals surface area contributed by atoms with Gasteiger partial charge in [-0.05, 0) is 36.4 Å². The molecule has 0 atom stereocenters. The summed E-state index contributed by atoms with van der Waals surface area (Å²) in [7, 11) is 4.44. The zero-order valence-electron chi connectivity index (χ0n) is 14.4. The van der Waals surface area contributed by atoms with Crippen LogP contribution in [0.5, 0.6) is 17.4 Å². The standard InChI is InChI=1S/C18H17NO6S/c1-19-10-15-14(17(19)20)8-11(18(21)22-2)9-16(15)24-12-4-6-13(7-5-12)26-25-23-3/h4-10,20H,1-3H3. The van der Waals surface area contributed by atoms with Crippen LogP contribution in [0.1, 0.15) is 10.4 Å². The first kappa shape index (κ1) is 18.1. The number of hydrogen-bond donors (Lipinski definition) is 1. The second-order valence-electron chi connectivity index (χ2n) is 5.38. The Kier molecular flexibility index (Phi) is 5.36. The van der Waals surface area contributed by atoms with Gasteiger partial charge in [0.2, 0.25) is 0 Å². The Balaban J connectivity index is 1.98. The molecule has 0 aliphatic rings. The molecule has 136 valence electrons. The van der Waals surface area contributed by atoms with Crippen molar-refractivity contribution in [1.29, 1.82) is 0 Å². The smallest absolute Gasteiger partial charge is 0.338 e. The number of ether oxygens (including phenoxy) is 2. The summed E-state index contributed by atoms with van der Waals surface area (Å²) in [6, 6.07) is 10.3. The number of aromatic nitrogens is 1. The maximum atomic E-state index is 11.9. The van der Waals surface area contributed by atoms with Gasteiger partial charge in [0.05, 0.1) is 31.8 Å². The van der Waals surface area contributed by atoms with Crippen LogP contribution in [0, 0.1) is 0 Å². The molecule has 0 saturated heterocycles. The van der Waals surface area contributed by atoms with E-state index in [0.29, 0.717) is 22.3 Å². The highest BCUT2D eigenvalue weighted by molar-refractivity contribution is 7.94. The Morgan fingerprint density at radius 3 is 2.50 bits per heavy atom. The first-order chi connectivity index (χ1) is 12.5. The average molecular weight is 375 g/mol. The predicted molar refractivity (Wildman–Crippen MR) is 96.4 cm³/mol. The molecule has 8 heteroatoms. The molecule has 1 N–H and O–H groups in total. The van der Waals surface area contributed by atoms with Crippen molar-refractivity contribution in [3.63, 3.8) is 0 Å². The lowest BCUT2D eigenvalue weighted by atomic mass is 10.1. The number of hydrogen-bond acceptors (Lipinski definition) is 7. The number of fused-ring (bicyclic) bond motifs is 1. The van der Waals surface area contributed by atoms with Gasteiger partial charge in [0, 0.05) is 28.9 Å². The minimum Gasteiger partial charge on any atom is -0.494 e. The van der Waals surface area contributed by atoms with Crippen molar-refractivity contribution in [3.8, 4) is 17.4 Å². The summed E-state index contributed by atoms with van der Waals surface area (Å²) < 4.78 is 17.1. The summed E-state index contributed by atoms with van der Waals surface area (Å²) in [5.41, 5.74) is 0.289. The van der Waals surface area contributed by atoms with Gasteiger partial charge in [0.15, 0.2) is 5.88 Å². The number of carbonyl (C=O) groups excluding carboxylic acids is 1. The first-order valence-electron chi connectivity index (χ1n) is 7.59. The number of benzene rings is 2. The molecule has 0 spiro atoms. The maximum absolute atomic E-state index is 11.9. The van der Waals surface area contributed by atoms with Crippen molar-refractivity contribution in [2.45, 2.75) is 4.90 Å². The number of rotatable bonds is 6. The molecule has 26 heavy (non-hydrogen) atoms. The molecule has 0 amide bonds. The number of aryl methyl sites for hydroxylation is 1. The van der Waals surface area contributed by atoms with E-state index in [9.17, 15) is 9.90 Å². The molecule has 3 rings (SSSR count). The molecule has 0 aliphatic carbocycles. The Bertz CT molecular complexity index is 935. The van der Waals surface area contributed by atoms with Crippen LogP contribution in [-0.2, 0) is 21.0 Å². The van der Waals surface area contributed by atoms with Crippen molar-refractivity contribution in [2.24, 2.45) is 7.05 Å². The van der Waals surface area contributed by atoms with Crippen molar-refractivity contribution >= 4 is 28.8 Å². The topological polar surface area (TPSA) is 79.2 Å². The highest BCUT2D eigenvalue weighted by atomic mass is 32.2. The van der Waals surface area contributed by atoms with Crippen molar-refractivity contribution < 1.29 is 28.6 Å². The van der Waals surface area contributed by atoms with Gasteiger partial charge < -0.3 is 19.1 Å². The summed E-state index contributed by atoms with van der Waals surface area (Å²) in [5.74, 6) is 0.535. The second kappa shape index (κ2) is 7.69. The highest BCUT2D eigenvalue weighted by Gasteiger charge is 2.17. The summed E-state index contributed by atoms with van der Waals surface area (Å²) in [4.78, 5) is 17.3. The van der Waals surface area contributed by atoms with E-state index in [1.165, 1.54) is 14.2 Å². The molecule has 2 aromatic carbocycles. The van der Waals surface area contributed by atoms with E-state index in [1.807, 2.05) is 12.1 Å². The predicted octanol–water partition coefficient (Wildman–Crippen LogP) is 4.05. The van der Waals surface area contributed by atoms with Crippen LogP contribution in [0.2, 0.25) is 0 Å². The lowest BCUT2D eigenvalue weighted by molar-refractivity contribution is -0.160. The van der Waals surface area contributed by atoms with Crippen LogP contribution < -0.4 is 4.74 Å². The van der Waals surface area contributed by atoms with Crippen molar-refractivity contribution in [2.75, 3.05) is 14.2 Å². The van der Waals surface area contributed by atoms with Gasteiger partial charge in [0.1, 0.15) is 11.5 Å². The lowest BCUT2D eigenvalue weighted by Crippen LogP contribution is -2.01. The molecule has 0 aliphatic heterocycles. The summed E-state index contributed by atoms with van der Waals surface area (Å²) in [6.07, 6.45) is 1.73. The molecule has 0 fully saturated rings. The van der Waals surface area contributed by atoms with E-state index in [0.717, 1.165) is 16.9 Å². The maximum Gasteiger partial charge on any atom is 0.338 e. The van der Waals surface area contributed by atoms with Crippen LogP contribution in [0.3, 0.4) is 0 Å². The lowest BCUT2D eigenvalue weighted by Gasteiger charge is -2.09. The number of nitrogens with zero attached hydrogens (tertiary/aromatic N) is 1. The van der Waals surface area contributed by atoms with Crippen molar-refractivity contribution in [1.82, 2.24) is 4.57 Å². The SMILES string of the molecule is COOSc1ccc(Oc2cc(C(=O)OC)cc3c(O)n(C)cc23)cc1. The molecule has 0 saturated carbocycles. The molecule has 0 unspecified atom stereocenters. The van der Waals surface area contributed by atoms with E-state index in [2.05, 4.69) is 4.89 Å². The van der Waals surface area contributed by atoms with E-state index >= 15 is 0 Å². The zero-order valence-corrected chi connectivity index (χ0v) is 15.2. The number of carbonyl (C=O) groups is 1. The third-order valence-corrected chi connectivity index (χ3v) is 4.38. The van der Waals surface area contributed by atoms with E-state index < -0.39 is 5.97 Å². The van der Waals surface area contributed by atoms with Gasteiger partial charge in [-0.15, -0.1) is 0 Å². The van der Waals surface area contributed by atoms with E-state index in [1.54, 1.807) is 42.1 Å². The second-order valence-corrected chi connectivity index (χ2v) is 6.16. The van der Waals surface area contributed by atoms with Crippen molar-refractivity contribution in [3.05, 3.63) is 48.2 Å². The van der Waals surface area contributed by atoms with E-state index in [4.69, 9.17) is 13.8 Å². The fourth-order valence-electron chi connectivity index (χ4n) is 2.47. The quantitative estimate of drug-likeness (QED) is 0.301. The molecule has 0 radical (unpaired) electrons. The summed E-state index contributed by atoms with van der Waals surface area (Å²) in [6.45, 7) is 0. The monoisotopic (exact) mass is 375 g/mol. The molecule has 1 aromatic heterocycles. The Labute approximate surface area is 154 Å². The molecule has 3 aromatic rings. The van der Waals surface area contributed by atoms with Gasteiger partial charge >= 0.3 is 5.97 Å². The fourth-order valence-corrected chi connectivity index (χ4v) is 2.87. The van der Waals surface area contributed by atoms with Crippen LogP contribution in [0.4, 0.5) is 0 Å². The zero-order chi connectivity index (χ0) is 18.7. The minimum atomic E-state index is -0.511. The van der Waals surface area contributed by atoms with Crippen LogP contribution in [0.25, 0.3) is 10.8 Å². The first-order valence-corrected chi connectivity index (χ1v) is 8.33. The van der Waals surface area contributed by atoms with Crippen LogP contribution >= 0.6 is 12.0 Å². The summed E-state index contributed by atoms with van der Waals surface area (Å²) in [5, 5.41) is 11.4. The number of esters is 1. The number of aromatic hydroxyl groups is 1. The third-order valence-electron chi connectivity index (χ3n) is 3.71. The van der Waals surface area contributed by atoms with Gasteiger partial charge in [-0.1, -0.05) is 0 Å². The molecular weight excluding hydrogens is 358 g/mol. The van der Waals surface area contributed by atoms with E-state index in [-0.39, 0.29) is 11.4 Å². The Morgan fingerprint density at radius 1 is 1.12 bits per heavy atom. The molecule has 0 bridgehead atoms. The highest BCUT2D eigenvalue weighted by Crippen LogP contribution is 2.37. The molecule has 7 nitrogen and oxygen atoms in total. The van der Waals surface area contributed by atoms with Crippen LogP contribution in [-0.4, -0.2) is 29.9 Å². The minimum absolute atomic E-state index is 0.0408. The third kappa shape index (κ3) is 3.62. The molecule has 1 heterocycles.